The van der Waals surface area contributed by atoms with Crippen molar-refractivity contribution in [2.75, 3.05) is 0 Å². The summed E-state index contributed by atoms with van der Waals surface area (Å²) in [5.41, 5.74) is 1.01. The first-order valence-corrected chi connectivity index (χ1v) is 3.40. The molecule has 0 N–H and O–H groups in total. The zero-order chi connectivity index (χ0) is 7.52. The molecule has 11 heavy (non-hydrogen) atoms. The lowest BCUT2D eigenvalue weighted by molar-refractivity contribution is 0.413. The van der Waals surface area contributed by atoms with Crippen LogP contribution in [0.15, 0.2) is 36.6 Å². The van der Waals surface area contributed by atoms with Gasteiger partial charge in [0, 0.05) is 5.46 Å². The van der Waals surface area contributed by atoms with Crippen LogP contribution in [-0.2, 0) is 9.31 Å². The standard InChI is InChI=1S/C8H6BO2/c1-2-4-8(5-3-1)9-10-6-7-11-9/h1-6H. The fourth-order valence-electron chi connectivity index (χ4n) is 0.964. The summed E-state index contributed by atoms with van der Waals surface area (Å²) in [7, 11) is -0.295. The van der Waals surface area contributed by atoms with E-state index in [-0.39, 0.29) is 7.12 Å². The Morgan fingerprint density at radius 2 is 2.00 bits per heavy atom. The smallest absolute Gasteiger partial charge is 0.525 e. The van der Waals surface area contributed by atoms with Gasteiger partial charge in [-0.15, -0.1) is 0 Å². The molecule has 0 bridgehead atoms. The molecule has 0 spiro atoms. The first-order valence-electron chi connectivity index (χ1n) is 3.40. The number of hydrogen-bond acceptors (Lipinski definition) is 2. The van der Waals surface area contributed by atoms with E-state index in [4.69, 9.17) is 9.31 Å². The van der Waals surface area contributed by atoms with Gasteiger partial charge in [-0.25, -0.2) is 0 Å². The zero-order valence-electron chi connectivity index (χ0n) is 5.86. The Balaban J connectivity index is 2.17. The maximum absolute atomic E-state index is 5.08. The van der Waals surface area contributed by atoms with Crippen molar-refractivity contribution in [2.45, 2.75) is 0 Å². The highest BCUT2D eigenvalue weighted by atomic mass is 16.6. The van der Waals surface area contributed by atoms with Gasteiger partial charge in [-0.3, -0.25) is 0 Å². The van der Waals surface area contributed by atoms with Crippen molar-refractivity contribution in [3.8, 4) is 0 Å². The molecule has 0 aliphatic carbocycles. The Kier molecular flexibility index (Phi) is 1.56. The minimum Gasteiger partial charge on any atom is -0.525 e. The maximum atomic E-state index is 5.08. The van der Waals surface area contributed by atoms with E-state index in [1.54, 1.807) is 0 Å². The molecular formula is C8H6BO2. The van der Waals surface area contributed by atoms with Crippen molar-refractivity contribution in [1.82, 2.24) is 0 Å². The largest absolute Gasteiger partial charge is 0.632 e. The quantitative estimate of drug-likeness (QED) is 0.541. The summed E-state index contributed by atoms with van der Waals surface area (Å²) in [5.74, 6) is 0. The van der Waals surface area contributed by atoms with E-state index < -0.39 is 0 Å². The predicted octanol–water partition coefficient (Wildman–Crippen LogP) is 0.703. The molecule has 1 aromatic carbocycles. The van der Waals surface area contributed by atoms with Crippen LogP contribution in [0.2, 0.25) is 0 Å². The van der Waals surface area contributed by atoms with Gasteiger partial charge in [0.2, 0.25) is 0 Å². The minimum absolute atomic E-state index is 0.295. The van der Waals surface area contributed by atoms with Crippen molar-refractivity contribution in [3.63, 3.8) is 0 Å². The number of benzene rings is 1. The SMILES string of the molecule is [C]1=COB(c2ccccc2)O1. The molecular weight excluding hydrogens is 139 g/mol. The average molecular weight is 145 g/mol. The van der Waals surface area contributed by atoms with Gasteiger partial charge >= 0.3 is 7.12 Å². The molecule has 1 aliphatic heterocycles. The van der Waals surface area contributed by atoms with E-state index in [9.17, 15) is 0 Å². The van der Waals surface area contributed by atoms with Crippen LogP contribution in [-0.4, -0.2) is 7.12 Å². The highest BCUT2D eigenvalue weighted by molar-refractivity contribution is 6.61. The van der Waals surface area contributed by atoms with Crippen LogP contribution in [0.25, 0.3) is 0 Å². The molecule has 0 atom stereocenters. The lowest BCUT2D eigenvalue weighted by Gasteiger charge is -2.02. The maximum Gasteiger partial charge on any atom is 0.632 e. The average Bonchev–Trinajstić information content (AvgIpc) is 2.58. The van der Waals surface area contributed by atoms with Crippen LogP contribution in [0.3, 0.4) is 0 Å². The Labute approximate surface area is 65.6 Å². The lowest BCUT2D eigenvalue weighted by atomic mass is 9.80. The second-order valence-corrected chi connectivity index (χ2v) is 2.23. The summed E-state index contributed by atoms with van der Waals surface area (Å²) in [6, 6.07) is 9.74. The fourth-order valence-corrected chi connectivity index (χ4v) is 0.964. The van der Waals surface area contributed by atoms with Crippen molar-refractivity contribution in [3.05, 3.63) is 42.9 Å². The summed E-state index contributed by atoms with van der Waals surface area (Å²) < 4.78 is 10.1. The van der Waals surface area contributed by atoms with E-state index in [1.165, 1.54) is 6.26 Å². The highest BCUT2D eigenvalue weighted by Crippen LogP contribution is 1.99. The molecule has 1 radical (unpaired) electrons. The molecule has 0 saturated heterocycles. The molecule has 1 aromatic rings. The predicted molar refractivity (Wildman–Crippen MR) is 41.8 cm³/mol. The molecule has 0 fully saturated rings. The normalized spacial score (nSPS) is 14.4. The van der Waals surface area contributed by atoms with Gasteiger partial charge in [-0.2, -0.15) is 0 Å². The van der Waals surface area contributed by atoms with E-state index in [1.807, 2.05) is 30.3 Å². The van der Waals surface area contributed by atoms with E-state index in [2.05, 4.69) is 6.26 Å². The monoisotopic (exact) mass is 145 g/mol. The molecule has 2 rings (SSSR count). The van der Waals surface area contributed by atoms with Gasteiger partial charge in [-0.1, -0.05) is 30.3 Å². The molecule has 0 saturated carbocycles. The molecule has 0 amide bonds. The van der Waals surface area contributed by atoms with Crippen LogP contribution in [0, 0.1) is 6.26 Å². The van der Waals surface area contributed by atoms with Gasteiger partial charge in [-0.05, 0) is 0 Å². The first-order chi connectivity index (χ1) is 5.47. The Morgan fingerprint density at radius 3 is 2.64 bits per heavy atom. The van der Waals surface area contributed by atoms with E-state index in [0.717, 1.165) is 5.46 Å². The minimum atomic E-state index is -0.295. The molecule has 53 valence electrons. The molecule has 3 heteroatoms. The lowest BCUT2D eigenvalue weighted by Crippen LogP contribution is -2.31. The highest BCUT2D eigenvalue weighted by Gasteiger charge is 2.26. The summed E-state index contributed by atoms with van der Waals surface area (Å²) in [6.07, 6.45) is 3.95. The van der Waals surface area contributed by atoms with Crippen LogP contribution in [0.1, 0.15) is 0 Å². The van der Waals surface area contributed by atoms with Crippen LogP contribution >= 0.6 is 0 Å². The van der Waals surface area contributed by atoms with E-state index >= 15 is 0 Å². The van der Waals surface area contributed by atoms with Crippen LogP contribution < -0.4 is 5.46 Å². The van der Waals surface area contributed by atoms with Crippen LogP contribution in [0.4, 0.5) is 0 Å². The third-order valence-electron chi connectivity index (χ3n) is 1.49. The third-order valence-corrected chi connectivity index (χ3v) is 1.49. The molecule has 1 aliphatic rings. The van der Waals surface area contributed by atoms with E-state index in [0.29, 0.717) is 0 Å². The van der Waals surface area contributed by atoms with Gasteiger partial charge < -0.3 is 9.31 Å². The summed E-state index contributed by atoms with van der Waals surface area (Å²) in [4.78, 5) is 0. The third kappa shape index (κ3) is 1.22. The van der Waals surface area contributed by atoms with Crippen molar-refractivity contribution in [1.29, 1.82) is 0 Å². The topological polar surface area (TPSA) is 18.5 Å². The second kappa shape index (κ2) is 2.70. The molecule has 0 aromatic heterocycles. The van der Waals surface area contributed by atoms with Crippen molar-refractivity contribution < 1.29 is 9.31 Å². The summed E-state index contributed by atoms with van der Waals surface area (Å²) >= 11 is 0. The van der Waals surface area contributed by atoms with Crippen LogP contribution in [0.5, 0.6) is 0 Å². The van der Waals surface area contributed by atoms with Gasteiger partial charge in [0.25, 0.3) is 0 Å². The molecule has 2 nitrogen and oxygen atoms in total. The van der Waals surface area contributed by atoms with Crippen molar-refractivity contribution >= 4 is 12.6 Å². The Morgan fingerprint density at radius 1 is 1.18 bits per heavy atom. The summed E-state index contributed by atoms with van der Waals surface area (Å²) in [5, 5.41) is 0. The zero-order valence-corrected chi connectivity index (χ0v) is 5.86. The fraction of sp³-hybridized carbons (Fsp3) is 0. The number of hydrogen-bond donors (Lipinski definition) is 0. The van der Waals surface area contributed by atoms with Gasteiger partial charge in [0.1, 0.15) is 6.26 Å². The van der Waals surface area contributed by atoms with Gasteiger partial charge in [0.15, 0.2) is 6.26 Å². The Bertz CT molecular complexity index is 250. The summed E-state index contributed by atoms with van der Waals surface area (Å²) in [6.45, 7) is 0. The number of rotatable bonds is 1. The molecule has 0 unspecified atom stereocenters. The molecule has 1 heterocycles. The van der Waals surface area contributed by atoms with Gasteiger partial charge in [0.05, 0.1) is 0 Å². The first kappa shape index (κ1) is 6.34. The Hall–Kier alpha value is -1.38. The van der Waals surface area contributed by atoms with Crippen molar-refractivity contribution in [2.24, 2.45) is 0 Å². The second-order valence-electron chi connectivity index (χ2n) is 2.23.